The van der Waals surface area contributed by atoms with Crippen molar-refractivity contribution in [1.82, 2.24) is 4.31 Å². The number of hydrogen-bond acceptors (Lipinski definition) is 4. The van der Waals surface area contributed by atoms with Crippen LogP contribution in [0.4, 0.5) is 0 Å². The third-order valence-electron chi connectivity index (χ3n) is 4.94. The first-order chi connectivity index (χ1) is 13.3. The number of ether oxygens (including phenoxy) is 1. The van der Waals surface area contributed by atoms with E-state index in [9.17, 15) is 13.2 Å². The molecule has 5 nitrogen and oxygen atoms in total. The molecule has 2 rings (SSSR count). The van der Waals surface area contributed by atoms with Crippen molar-refractivity contribution in [3.05, 3.63) is 40.4 Å². The van der Waals surface area contributed by atoms with Gasteiger partial charge in [0.1, 0.15) is 5.60 Å². The molecule has 0 spiro atoms. The summed E-state index contributed by atoms with van der Waals surface area (Å²) in [5, 5.41) is 0. The van der Waals surface area contributed by atoms with Crippen LogP contribution in [0, 0.1) is 18.8 Å². The zero-order valence-corrected chi connectivity index (χ0v) is 20.5. The van der Waals surface area contributed by atoms with Gasteiger partial charge in [-0.2, -0.15) is 4.31 Å². The molecule has 0 amide bonds. The first-order valence-electron chi connectivity index (χ1n) is 9.94. The highest BCUT2D eigenvalue weighted by Gasteiger charge is 2.45. The molecule has 1 aliphatic heterocycles. The number of carbonyl (C=O) groups excluding carboxylic acids is 1. The van der Waals surface area contributed by atoms with Crippen LogP contribution in [0.15, 0.2) is 39.7 Å². The first-order valence-corrected chi connectivity index (χ1v) is 12.3. The molecule has 1 aromatic rings. The van der Waals surface area contributed by atoms with Gasteiger partial charge >= 0.3 is 5.97 Å². The molecule has 1 saturated heterocycles. The van der Waals surface area contributed by atoms with Crippen LogP contribution in [0.3, 0.4) is 0 Å². The molecule has 0 bridgehead atoms. The SMILES string of the molecule is Cc1ccc(S(=O)(=O)N2C/C(=C/Br)[C@@H](CC(=O)OC(C)(C)C)[C@@H]2CC(C)C)cc1. The van der Waals surface area contributed by atoms with Crippen LogP contribution in [-0.2, 0) is 19.6 Å². The van der Waals surface area contributed by atoms with Gasteiger partial charge in [-0.05, 0) is 62.7 Å². The molecule has 1 aromatic carbocycles. The van der Waals surface area contributed by atoms with Crippen LogP contribution in [0.5, 0.6) is 0 Å². The number of carbonyl (C=O) groups is 1. The van der Waals surface area contributed by atoms with E-state index in [4.69, 9.17) is 4.74 Å². The molecule has 0 radical (unpaired) electrons. The van der Waals surface area contributed by atoms with Gasteiger partial charge in [0.05, 0.1) is 11.3 Å². The minimum Gasteiger partial charge on any atom is -0.460 e. The molecule has 2 atom stereocenters. The summed E-state index contributed by atoms with van der Waals surface area (Å²) in [7, 11) is -3.68. The number of rotatable bonds is 6. The van der Waals surface area contributed by atoms with Crippen molar-refractivity contribution in [3.8, 4) is 0 Å². The van der Waals surface area contributed by atoms with E-state index in [-0.39, 0.29) is 41.7 Å². The Morgan fingerprint density at radius 3 is 2.34 bits per heavy atom. The maximum absolute atomic E-state index is 13.4. The van der Waals surface area contributed by atoms with Crippen LogP contribution in [-0.4, -0.2) is 36.9 Å². The second kappa shape index (κ2) is 9.31. The first kappa shape index (κ1) is 24.1. The third kappa shape index (κ3) is 6.15. The van der Waals surface area contributed by atoms with E-state index in [0.29, 0.717) is 6.42 Å². The van der Waals surface area contributed by atoms with Gasteiger partial charge in [-0.1, -0.05) is 47.5 Å². The Kier molecular flexibility index (Phi) is 7.74. The Labute approximate surface area is 183 Å². The molecule has 0 saturated carbocycles. The van der Waals surface area contributed by atoms with Gasteiger partial charge in [0.25, 0.3) is 0 Å². The quantitative estimate of drug-likeness (QED) is 0.529. The Morgan fingerprint density at radius 2 is 1.86 bits per heavy atom. The highest BCUT2D eigenvalue weighted by Crippen LogP contribution is 2.40. The van der Waals surface area contributed by atoms with Crippen molar-refractivity contribution in [2.75, 3.05) is 6.54 Å². The van der Waals surface area contributed by atoms with E-state index < -0.39 is 15.6 Å². The zero-order chi connectivity index (χ0) is 22.0. The standard InChI is InChI=1S/C22H32BrNO4S/c1-15(2)11-20-19(12-21(25)28-22(4,5)6)17(13-23)14-24(20)29(26,27)18-9-7-16(3)8-10-18/h7-10,13,15,19-20H,11-12,14H2,1-6H3/b17-13-/t19-,20+/m1/s1. The lowest BCUT2D eigenvalue weighted by molar-refractivity contribution is -0.155. The Bertz CT molecular complexity index is 854. The summed E-state index contributed by atoms with van der Waals surface area (Å²) in [6.07, 6.45) is 0.828. The zero-order valence-electron chi connectivity index (χ0n) is 18.1. The Balaban J connectivity index is 2.39. The summed E-state index contributed by atoms with van der Waals surface area (Å²) in [4.78, 5) is 14.6. The van der Waals surface area contributed by atoms with Gasteiger partial charge in [-0.3, -0.25) is 4.79 Å². The summed E-state index contributed by atoms with van der Waals surface area (Å²) in [5.41, 5.74) is 1.33. The largest absolute Gasteiger partial charge is 0.460 e. The normalized spacial score (nSPS) is 22.4. The molecule has 0 aromatic heterocycles. The summed E-state index contributed by atoms with van der Waals surface area (Å²) >= 11 is 3.39. The van der Waals surface area contributed by atoms with Gasteiger partial charge < -0.3 is 4.74 Å². The van der Waals surface area contributed by atoms with E-state index in [0.717, 1.165) is 11.1 Å². The number of aryl methyl sites for hydroxylation is 1. The van der Waals surface area contributed by atoms with Crippen LogP contribution < -0.4 is 0 Å². The average Bonchev–Trinajstić information content (AvgIpc) is 2.91. The fourth-order valence-corrected chi connectivity index (χ4v) is 5.82. The van der Waals surface area contributed by atoms with Gasteiger partial charge in [0, 0.05) is 18.5 Å². The van der Waals surface area contributed by atoms with E-state index in [1.165, 1.54) is 0 Å². The molecule has 0 aliphatic carbocycles. The topological polar surface area (TPSA) is 63.7 Å². The maximum Gasteiger partial charge on any atom is 0.306 e. The predicted octanol–water partition coefficient (Wildman–Crippen LogP) is 5.04. The summed E-state index contributed by atoms with van der Waals surface area (Å²) in [5.74, 6) is -0.240. The molecular formula is C22H32BrNO4S. The monoisotopic (exact) mass is 485 g/mol. The van der Waals surface area contributed by atoms with Crippen molar-refractivity contribution in [3.63, 3.8) is 0 Å². The maximum atomic E-state index is 13.4. The van der Waals surface area contributed by atoms with Crippen molar-refractivity contribution < 1.29 is 17.9 Å². The van der Waals surface area contributed by atoms with Gasteiger partial charge in [0.15, 0.2) is 0 Å². The van der Waals surface area contributed by atoms with E-state index in [1.807, 2.05) is 27.7 Å². The number of esters is 1. The second-order valence-corrected chi connectivity index (χ2v) is 11.5. The Morgan fingerprint density at radius 1 is 1.28 bits per heavy atom. The summed E-state index contributed by atoms with van der Waals surface area (Å²) in [6.45, 7) is 11.8. The predicted molar refractivity (Wildman–Crippen MR) is 119 cm³/mol. The Hall–Kier alpha value is -1.18. The van der Waals surface area contributed by atoms with Crippen LogP contribution in [0.2, 0.25) is 0 Å². The summed E-state index contributed by atoms with van der Waals surface area (Å²) < 4.78 is 33.9. The smallest absolute Gasteiger partial charge is 0.306 e. The average molecular weight is 486 g/mol. The molecule has 7 heteroatoms. The molecule has 29 heavy (non-hydrogen) atoms. The molecule has 1 heterocycles. The van der Waals surface area contributed by atoms with E-state index in [1.54, 1.807) is 33.6 Å². The number of benzene rings is 1. The van der Waals surface area contributed by atoms with Gasteiger partial charge in [-0.15, -0.1) is 0 Å². The van der Waals surface area contributed by atoms with Crippen LogP contribution in [0.25, 0.3) is 0 Å². The number of nitrogens with zero attached hydrogens (tertiary/aromatic N) is 1. The van der Waals surface area contributed by atoms with E-state index >= 15 is 0 Å². The highest BCUT2D eigenvalue weighted by atomic mass is 79.9. The summed E-state index contributed by atoms with van der Waals surface area (Å²) in [6, 6.07) is 6.61. The minimum absolute atomic E-state index is 0.159. The van der Waals surface area contributed by atoms with Gasteiger partial charge in [-0.25, -0.2) is 8.42 Å². The van der Waals surface area contributed by atoms with Crippen LogP contribution in [0.1, 0.15) is 53.0 Å². The number of hydrogen-bond donors (Lipinski definition) is 0. The molecule has 1 fully saturated rings. The lowest BCUT2D eigenvalue weighted by Crippen LogP contribution is -2.39. The molecule has 0 unspecified atom stereocenters. The van der Waals surface area contributed by atoms with Crippen molar-refractivity contribution in [2.24, 2.45) is 11.8 Å². The van der Waals surface area contributed by atoms with Crippen molar-refractivity contribution >= 4 is 31.9 Å². The van der Waals surface area contributed by atoms with Crippen LogP contribution >= 0.6 is 15.9 Å². The van der Waals surface area contributed by atoms with Crippen molar-refractivity contribution in [1.29, 1.82) is 0 Å². The number of sulfonamides is 1. The van der Waals surface area contributed by atoms with Gasteiger partial charge in [0.2, 0.25) is 10.0 Å². The fraction of sp³-hybridized carbons (Fsp3) is 0.591. The minimum atomic E-state index is -3.68. The highest BCUT2D eigenvalue weighted by molar-refractivity contribution is 9.11. The van der Waals surface area contributed by atoms with Crippen molar-refractivity contribution in [2.45, 2.75) is 70.9 Å². The lowest BCUT2D eigenvalue weighted by atomic mass is 9.88. The lowest BCUT2D eigenvalue weighted by Gasteiger charge is -2.29. The fourth-order valence-electron chi connectivity index (χ4n) is 3.68. The third-order valence-corrected chi connectivity index (χ3v) is 7.41. The molecular weight excluding hydrogens is 454 g/mol. The molecule has 0 N–H and O–H groups in total. The second-order valence-electron chi connectivity index (χ2n) is 9.14. The number of halogens is 1. The van der Waals surface area contributed by atoms with E-state index in [2.05, 4.69) is 29.8 Å². The molecule has 1 aliphatic rings. The molecule has 162 valence electrons.